The number of aryl methyl sites for hydroxylation is 1. The van der Waals surface area contributed by atoms with Gasteiger partial charge in [-0.3, -0.25) is 0 Å². The molecule has 4 rings (SSSR count). The average Bonchev–Trinajstić information content (AvgIpc) is 2.86. The molecule has 1 aliphatic carbocycles. The van der Waals surface area contributed by atoms with Crippen molar-refractivity contribution in [3.8, 4) is 16.9 Å². The van der Waals surface area contributed by atoms with Gasteiger partial charge in [0.2, 0.25) is 0 Å². The second kappa shape index (κ2) is 10.9. The molecule has 0 N–H and O–H groups in total. The fourth-order valence-corrected chi connectivity index (χ4v) is 4.78. The molecule has 0 aliphatic heterocycles. The summed E-state index contributed by atoms with van der Waals surface area (Å²) in [7, 11) is 0. The van der Waals surface area contributed by atoms with Gasteiger partial charge in [-0.05, 0) is 79.7 Å². The average molecular weight is 465 g/mol. The minimum Gasteiger partial charge on any atom is -0.494 e. The predicted octanol–water partition coefficient (Wildman–Crippen LogP) is 8.72. The van der Waals surface area contributed by atoms with Gasteiger partial charge in [-0.15, -0.1) is 0 Å². The molecule has 0 unspecified atom stereocenters. The van der Waals surface area contributed by atoms with E-state index in [9.17, 15) is 8.78 Å². The standard InChI is InChI=1S/C30H31F3O/c1-3-20-5-10-22(11-6-20)26-17-18-27(30(33)29(26)32)23-12-7-21(8-13-23)9-14-24-15-16-25(34-4-2)19-28(24)31/h5-6,9-11,14-19,21,23H,3-4,7-8,12-13H2,1-2H3/b14-9+. The van der Waals surface area contributed by atoms with Crippen LogP contribution in [-0.4, -0.2) is 6.61 Å². The third-order valence-corrected chi connectivity index (χ3v) is 6.83. The molecule has 0 bridgehead atoms. The molecule has 0 radical (unpaired) electrons. The Hall–Kier alpha value is -3.01. The second-order valence-electron chi connectivity index (χ2n) is 8.97. The molecule has 1 saturated carbocycles. The van der Waals surface area contributed by atoms with Crippen LogP contribution in [0.2, 0.25) is 0 Å². The lowest BCUT2D eigenvalue weighted by molar-refractivity contribution is 0.338. The number of rotatable bonds is 7. The van der Waals surface area contributed by atoms with Crippen LogP contribution in [0.4, 0.5) is 13.2 Å². The molecule has 0 heterocycles. The van der Waals surface area contributed by atoms with E-state index in [1.165, 1.54) is 6.07 Å². The number of halogens is 3. The maximum atomic E-state index is 15.0. The molecule has 1 fully saturated rings. The Morgan fingerprint density at radius 2 is 1.59 bits per heavy atom. The van der Waals surface area contributed by atoms with Gasteiger partial charge in [-0.1, -0.05) is 55.5 Å². The first-order valence-electron chi connectivity index (χ1n) is 12.2. The summed E-state index contributed by atoms with van der Waals surface area (Å²) < 4.78 is 49.6. The molecule has 1 aliphatic rings. The van der Waals surface area contributed by atoms with E-state index in [2.05, 4.69) is 6.92 Å². The largest absolute Gasteiger partial charge is 0.494 e. The van der Waals surface area contributed by atoms with E-state index in [1.807, 2.05) is 43.3 Å². The first-order chi connectivity index (χ1) is 16.5. The molecule has 3 aromatic rings. The van der Waals surface area contributed by atoms with Gasteiger partial charge >= 0.3 is 0 Å². The molecular formula is C30H31F3O. The van der Waals surface area contributed by atoms with E-state index in [1.54, 1.807) is 24.3 Å². The topological polar surface area (TPSA) is 9.23 Å². The van der Waals surface area contributed by atoms with Gasteiger partial charge in [0.1, 0.15) is 11.6 Å². The van der Waals surface area contributed by atoms with Crippen LogP contribution in [0, 0.1) is 23.4 Å². The Balaban J connectivity index is 1.41. The third kappa shape index (κ3) is 5.38. The highest BCUT2D eigenvalue weighted by Crippen LogP contribution is 2.39. The Labute approximate surface area is 200 Å². The van der Waals surface area contributed by atoms with Crippen molar-refractivity contribution in [1.29, 1.82) is 0 Å². The minimum atomic E-state index is -0.769. The van der Waals surface area contributed by atoms with Crippen LogP contribution in [0.5, 0.6) is 5.75 Å². The second-order valence-corrected chi connectivity index (χ2v) is 8.97. The molecule has 0 saturated heterocycles. The quantitative estimate of drug-likeness (QED) is 0.340. The van der Waals surface area contributed by atoms with Crippen LogP contribution in [0.3, 0.4) is 0 Å². The lowest BCUT2D eigenvalue weighted by Gasteiger charge is -2.27. The van der Waals surface area contributed by atoms with Crippen LogP contribution < -0.4 is 4.74 Å². The van der Waals surface area contributed by atoms with E-state index >= 15 is 4.39 Å². The van der Waals surface area contributed by atoms with Crippen molar-refractivity contribution in [1.82, 2.24) is 0 Å². The Morgan fingerprint density at radius 3 is 2.24 bits per heavy atom. The van der Waals surface area contributed by atoms with Crippen LogP contribution >= 0.6 is 0 Å². The monoisotopic (exact) mass is 464 g/mol. The lowest BCUT2D eigenvalue weighted by atomic mass is 9.78. The van der Waals surface area contributed by atoms with E-state index in [4.69, 9.17) is 4.74 Å². The molecule has 178 valence electrons. The summed E-state index contributed by atoms with van der Waals surface area (Å²) in [6, 6.07) is 15.9. The summed E-state index contributed by atoms with van der Waals surface area (Å²) in [6.07, 6.45) is 8.04. The molecule has 0 spiro atoms. The van der Waals surface area contributed by atoms with Gasteiger partial charge in [-0.2, -0.15) is 0 Å². The number of ether oxygens (including phenoxy) is 1. The Kier molecular flexibility index (Phi) is 7.77. The van der Waals surface area contributed by atoms with Gasteiger partial charge in [-0.25, -0.2) is 13.2 Å². The first kappa shape index (κ1) is 24.1. The molecule has 3 aromatic carbocycles. The van der Waals surface area contributed by atoms with Crippen molar-refractivity contribution in [2.45, 2.75) is 51.9 Å². The van der Waals surface area contributed by atoms with E-state index in [-0.39, 0.29) is 11.7 Å². The molecule has 34 heavy (non-hydrogen) atoms. The summed E-state index contributed by atoms with van der Waals surface area (Å²) in [6.45, 7) is 4.42. The van der Waals surface area contributed by atoms with Crippen LogP contribution in [0.25, 0.3) is 17.2 Å². The highest BCUT2D eigenvalue weighted by molar-refractivity contribution is 5.65. The zero-order valence-electron chi connectivity index (χ0n) is 19.8. The number of benzene rings is 3. The first-order valence-corrected chi connectivity index (χ1v) is 12.2. The minimum absolute atomic E-state index is 0.00196. The maximum Gasteiger partial charge on any atom is 0.166 e. The van der Waals surface area contributed by atoms with Crippen molar-refractivity contribution < 1.29 is 17.9 Å². The van der Waals surface area contributed by atoms with E-state index < -0.39 is 11.6 Å². The fraction of sp³-hybridized carbons (Fsp3) is 0.333. The zero-order valence-corrected chi connectivity index (χ0v) is 19.8. The van der Waals surface area contributed by atoms with Gasteiger partial charge in [0.05, 0.1) is 6.61 Å². The van der Waals surface area contributed by atoms with Gasteiger partial charge in [0.25, 0.3) is 0 Å². The number of hydrogen-bond donors (Lipinski definition) is 0. The molecule has 1 nitrogen and oxygen atoms in total. The summed E-state index contributed by atoms with van der Waals surface area (Å²) in [5.74, 6) is -0.986. The van der Waals surface area contributed by atoms with Gasteiger partial charge < -0.3 is 4.74 Å². The SMILES string of the molecule is CCOc1ccc(/C=C/C2CCC(c3ccc(-c4ccc(CC)cc4)c(F)c3F)CC2)c(F)c1. The summed E-state index contributed by atoms with van der Waals surface area (Å²) in [4.78, 5) is 0. The smallest absolute Gasteiger partial charge is 0.166 e. The van der Waals surface area contributed by atoms with Crippen LogP contribution in [0.1, 0.15) is 62.1 Å². The maximum absolute atomic E-state index is 15.0. The van der Waals surface area contributed by atoms with Gasteiger partial charge in [0, 0.05) is 17.2 Å². The molecular weight excluding hydrogens is 433 g/mol. The van der Waals surface area contributed by atoms with Crippen molar-refractivity contribution in [2.24, 2.45) is 5.92 Å². The van der Waals surface area contributed by atoms with E-state index in [0.29, 0.717) is 40.5 Å². The normalized spacial score (nSPS) is 18.4. The Bertz CT molecular complexity index is 1140. The molecule has 0 atom stereocenters. The summed E-state index contributed by atoms with van der Waals surface area (Å²) in [5.41, 5.74) is 3.15. The zero-order chi connectivity index (χ0) is 24.1. The lowest BCUT2D eigenvalue weighted by Crippen LogP contribution is -2.13. The Morgan fingerprint density at radius 1 is 0.853 bits per heavy atom. The van der Waals surface area contributed by atoms with Crippen molar-refractivity contribution in [3.05, 3.63) is 94.8 Å². The third-order valence-electron chi connectivity index (χ3n) is 6.83. The number of hydrogen-bond acceptors (Lipinski definition) is 1. The summed E-state index contributed by atoms with van der Waals surface area (Å²) in [5, 5.41) is 0. The highest BCUT2D eigenvalue weighted by atomic mass is 19.2. The van der Waals surface area contributed by atoms with Gasteiger partial charge in [0.15, 0.2) is 11.6 Å². The summed E-state index contributed by atoms with van der Waals surface area (Å²) >= 11 is 0. The number of allylic oxidation sites excluding steroid dienone is 1. The molecule has 4 heteroatoms. The van der Waals surface area contributed by atoms with Crippen molar-refractivity contribution in [2.75, 3.05) is 6.61 Å². The fourth-order valence-electron chi connectivity index (χ4n) is 4.78. The van der Waals surface area contributed by atoms with Crippen LogP contribution in [0.15, 0.2) is 60.7 Å². The van der Waals surface area contributed by atoms with Crippen molar-refractivity contribution in [3.63, 3.8) is 0 Å². The highest BCUT2D eigenvalue weighted by Gasteiger charge is 2.25. The predicted molar refractivity (Wildman–Crippen MR) is 132 cm³/mol. The van der Waals surface area contributed by atoms with Crippen molar-refractivity contribution >= 4 is 6.08 Å². The van der Waals surface area contributed by atoms with E-state index in [0.717, 1.165) is 37.7 Å². The van der Waals surface area contributed by atoms with Crippen LogP contribution in [-0.2, 0) is 6.42 Å². The molecule has 0 amide bonds. The molecule has 0 aromatic heterocycles.